The van der Waals surface area contributed by atoms with Gasteiger partial charge in [0, 0.05) is 13.6 Å². The maximum Gasteiger partial charge on any atom is 0.416 e. The van der Waals surface area contributed by atoms with E-state index in [4.69, 9.17) is 0 Å². The van der Waals surface area contributed by atoms with Crippen LogP contribution in [0.3, 0.4) is 0 Å². The quantitative estimate of drug-likeness (QED) is 0.715. The molecule has 1 heterocycles. The molecule has 1 aliphatic heterocycles. The van der Waals surface area contributed by atoms with Crippen LogP contribution in [0.5, 0.6) is 0 Å². The van der Waals surface area contributed by atoms with Gasteiger partial charge in [-0.1, -0.05) is 6.07 Å². The van der Waals surface area contributed by atoms with Gasteiger partial charge in [-0.2, -0.15) is 13.2 Å². The van der Waals surface area contributed by atoms with Crippen molar-refractivity contribution in [2.75, 3.05) is 18.6 Å². The number of fused-ring (bicyclic) bond motifs is 1. The summed E-state index contributed by atoms with van der Waals surface area (Å²) in [6.07, 6.45) is -3.51. The number of rotatable bonds is 0. The van der Waals surface area contributed by atoms with Crippen molar-refractivity contribution in [2.24, 2.45) is 0 Å². The monoisotopic (exact) mass is 216 g/mol. The number of halogens is 3. The van der Waals surface area contributed by atoms with E-state index < -0.39 is 11.7 Å². The van der Waals surface area contributed by atoms with Crippen molar-refractivity contribution >= 4 is 5.69 Å². The van der Waals surface area contributed by atoms with Gasteiger partial charge in [0.2, 0.25) is 0 Å². The summed E-state index contributed by atoms with van der Waals surface area (Å²) >= 11 is 0. The molecule has 0 unspecified atom stereocenters. The van der Waals surface area contributed by atoms with Gasteiger partial charge in [-0.3, -0.25) is 0 Å². The molecule has 0 fully saturated rings. The fourth-order valence-electron chi connectivity index (χ4n) is 1.71. The third-order valence-corrected chi connectivity index (χ3v) is 2.52. The second-order valence-corrected chi connectivity index (χ2v) is 3.56. The van der Waals surface area contributed by atoms with Crippen molar-refractivity contribution in [3.05, 3.63) is 29.3 Å². The van der Waals surface area contributed by atoms with Gasteiger partial charge >= 0.3 is 6.18 Å². The highest BCUT2D eigenvalue weighted by Gasteiger charge is 2.31. The zero-order chi connectivity index (χ0) is 11.1. The standard InChI is InChI=1S/C10H11F3N2/c1-15-9-6-8(10(11,12)13)3-2-7(9)4-5-14-15/h2-3,6,14H,4-5H2,1H3. The Morgan fingerprint density at radius 3 is 2.73 bits per heavy atom. The summed E-state index contributed by atoms with van der Waals surface area (Å²) in [4.78, 5) is 0. The molecule has 1 aliphatic rings. The first-order valence-corrected chi connectivity index (χ1v) is 4.66. The second-order valence-electron chi connectivity index (χ2n) is 3.56. The number of nitrogens with zero attached hydrogens (tertiary/aromatic N) is 1. The Hall–Kier alpha value is -1.23. The van der Waals surface area contributed by atoms with Crippen molar-refractivity contribution in [3.63, 3.8) is 0 Å². The molecule has 0 aromatic heterocycles. The Morgan fingerprint density at radius 1 is 1.33 bits per heavy atom. The van der Waals surface area contributed by atoms with E-state index in [9.17, 15) is 13.2 Å². The van der Waals surface area contributed by atoms with Crippen LogP contribution < -0.4 is 10.4 Å². The molecular formula is C10H11F3N2. The average molecular weight is 216 g/mol. The molecule has 1 aromatic carbocycles. The summed E-state index contributed by atoms with van der Waals surface area (Å²) in [5.41, 5.74) is 3.94. The molecule has 2 rings (SSSR count). The maximum absolute atomic E-state index is 12.4. The van der Waals surface area contributed by atoms with Gasteiger partial charge in [0.25, 0.3) is 0 Å². The lowest BCUT2D eigenvalue weighted by molar-refractivity contribution is -0.137. The van der Waals surface area contributed by atoms with E-state index in [1.165, 1.54) is 6.07 Å². The first-order chi connectivity index (χ1) is 6.98. The zero-order valence-corrected chi connectivity index (χ0v) is 8.23. The van der Waals surface area contributed by atoms with Gasteiger partial charge in [0.15, 0.2) is 0 Å². The van der Waals surface area contributed by atoms with Crippen LogP contribution in [0.1, 0.15) is 11.1 Å². The number of benzene rings is 1. The second kappa shape index (κ2) is 3.41. The molecule has 0 saturated heterocycles. The highest BCUT2D eigenvalue weighted by molar-refractivity contribution is 5.56. The Labute approximate surface area is 85.7 Å². The number of anilines is 1. The van der Waals surface area contributed by atoms with Gasteiger partial charge in [-0.25, -0.2) is 5.43 Å². The average Bonchev–Trinajstić information content (AvgIpc) is 2.16. The molecular weight excluding hydrogens is 205 g/mol. The molecule has 0 atom stereocenters. The highest BCUT2D eigenvalue weighted by atomic mass is 19.4. The normalized spacial score (nSPS) is 16.4. The molecule has 82 valence electrons. The Kier molecular flexibility index (Phi) is 2.34. The van der Waals surface area contributed by atoms with Crippen LogP contribution >= 0.6 is 0 Å². The van der Waals surface area contributed by atoms with E-state index in [-0.39, 0.29) is 0 Å². The topological polar surface area (TPSA) is 15.3 Å². The van der Waals surface area contributed by atoms with Crippen molar-refractivity contribution in [2.45, 2.75) is 12.6 Å². The molecule has 0 aliphatic carbocycles. The fourth-order valence-corrected chi connectivity index (χ4v) is 1.71. The van der Waals surface area contributed by atoms with E-state index in [0.717, 1.165) is 24.6 Å². The smallest absolute Gasteiger partial charge is 0.311 e. The van der Waals surface area contributed by atoms with Crippen molar-refractivity contribution < 1.29 is 13.2 Å². The van der Waals surface area contributed by atoms with E-state index in [1.807, 2.05) is 0 Å². The summed E-state index contributed by atoms with van der Waals surface area (Å²) in [7, 11) is 1.72. The fraction of sp³-hybridized carbons (Fsp3) is 0.400. The molecule has 0 radical (unpaired) electrons. The predicted octanol–water partition coefficient (Wildman–Crippen LogP) is 2.20. The number of hydrazine groups is 1. The van der Waals surface area contributed by atoms with Gasteiger partial charge in [0.05, 0.1) is 11.3 Å². The van der Waals surface area contributed by atoms with Crippen LogP contribution in [0.25, 0.3) is 0 Å². The van der Waals surface area contributed by atoms with Crippen LogP contribution in [-0.4, -0.2) is 13.6 Å². The minimum Gasteiger partial charge on any atom is -0.311 e. The maximum atomic E-state index is 12.4. The summed E-state index contributed by atoms with van der Waals surface area (Å²) in [5, 5.41) is 1.63. The third kappa shape index (κ3) is 1.92. The first kappa shape index (κ1) is 10.3. The largest absolute Gasteiger partial charge is 0.416 e. The number of nitrogens with one attached hydrogen (secondary N) is 1. The van der Waals surface area contributed by atoms with Crippen molar-refractivity contribution in [1.82, 2.24) is 5.43 Å². The highest BCUT2D eigenvalue weighted by Crippen LogP contribution is 2.33. The van der Waals surface area contributed by atoms with E-state index in [1.54, 1.807) is 18.1 Å². The minimum atomic E-state index is -4.27. The molecule has 15 heavy (non-hydrogen) atoms. The lowest BCUT2D eigenvalue weighted by atomic mass is 10.0. The van der Waals surface area contributed by atoms with Crippen molar-refractivity contribution in [1.29, 1.82) is 0 Å². The molecule has 5 heteroatoms. The number of hydrogen-bond acceptors (Lipinski definition) is 2. The molecule has 0 amide bonds. The van der Waals surface area contributed by atoms with E-state index in [2.05, 4.69) is 5.43 Å². The lowest BCUT2D eigenvalue weighted by Gasteiger charge is -2.29. The molecule has 0 spiro atoms. The molecule has 1 N–H and O–H groups in total. The van der Waals surface area contributed by atoms with Crippen LogP contribution in [0, 0.1) is 0 Å². The van der Waals surface area contributed by atoms with Gasteiger partial charge in [-0.15, -0.1) is 0 Å². The van der Waals surface area contributed by atoms with Crippen LogP contribution in [0.15, 0.2) is 18.2 Å². The SMILES string of the molecule is CN1NCCc2ccc(C(F)(F)F)cc21. The zero-order valence-electron chi connectivity index (χ0n) is 8.23. The Balaban J connectivity index is 2.44. The third-order valence-electron chi connectivity index (χ3n) is 2.52. The Morgan fingerprint density at radius 2 is 2.07 bits per heavy atom. The van der Waals surface area contributed by atoms with Crippen LogP contribution in [-0.2, 0) is 12.6 Å². The first-order valence-electron chi connectivity index (χ1n) is 4.66. The Bertz CT molecular complexity index is 373. The van der Waals surface area contributed by atoms with Gasteiger partial charge in [0.1, 0.15) is 0 Å². The molecule has 1 aromatic rings. The van der Waals surface area contributed by atoms with Gasteiger partial charge < -0.3 is 5.01 Å². The number of hydrogen-bond donors (Lipinski definition) is 1. The van der Waals surface area contributed by atoms with E-state index in [0.29, 0.717) is 5.69 Å². The summed E-state index contributed by atoms with van der Waals surface area (Å²) in [5.74, 6) is 0. The molecule has 0 bridgehead atoms. The van der Waals surface area contributed by atoms with Gasteiger partial charge in [-0.05, 0) is 24.1 Å². The molecule has 0 saturated carbocycles. The minimum absolute atomic E-state index is 0.600. The molecule has 2 nitrogen and oxygen atoms in total. The summed E-state index contributed by atoms with van der Waals surface area (Å²) in [6, 6.07) is 3.87. The van der Waals surface area contributed by atoms with Crippen molar-refractivity contribution in [3.8, 4) is 0 Å². The lowest BCUT2D eigenvalue weighted by Crippen LogP contribution is -2.40. The predicted molar refractivity (Wildman–Crippen MR) is 51.6 cm³/mol. The van der Waals surface area contributed by atoms with Crippen LogP contribution in [0.4, 0.5) is 18.9 Å². The van der Waals surface area contributed by atoms with E-state index >= 15 is 0 Å². The summed E-state index contributed by atoms with van der Waals surface area (Å²) in [6.45, 7) is 0.759. The number of alkyl halides is 3. The summed E-state index contributed by atoms with van der Waals surface area (Å²) < 4.78 is 37.3. The van der Waals surface area contributed by atoms with Crippen LogP contribution in [0.2, 0.25) is 0 Å².